The van der Waals surface area contributed by atoms with Crippen LogP contribution in [0.15, 0.2) is 93.7 Å². The molecule has 0 radical (unpaired) electrons. The molecule has 6 rings (SSSR count). The summed E-state index contributed by atoms with van der Waals surface area (Å²) in [5, 5.41) is 6.62. The van der Waals surface area contributed by atoms with Crippen LogP contribution in [-0.4, -0.2) is 50.9 Å². The Morgan fingerprint density at radius 3 is 2.16 bits per heavy atom. The number of benzene rings is 3. The van der Waals surface area contributed by atoms with Gasteiger partial charge in [-0.2, -0.15) is 5.01 Å². The second-order valence-corrected chi connectivity index (χ2v) is 10.8. The van der Waals surface area contributed by atoms with Gasteiger partial charge in [0.05, 0.1) is 45.9 Å². The van der Waals surface area contributed by atoms with Gasteiger partial charge < -0.3 is 18.9 Å². The molecule has 9 nitrogen and oxygen atoms in total. The van der Waals surface area contributed by atoms with Crippen molar-refractivity contribution < 1.29 is 23.7 Å². The second kappa shape index (κ2) is 12.3. The molecule has 226 valence electrons. The SMILES string of the molecule is COc1ccc(/C=C2\CCCCC3=C2N=C2N(c4ccccc4)N=C(C(C)=O)N2C3c2ccc(OC)c(OC)c2)cc1OC. The first kappa shape index (κ1) is 29.0. The summed E-state index contributed by atoms with van der Waals surface area (Å²) in [6, 6.07) is 21.3. The number of nitrogens with zero attached hydrogens (tertiary/aromatic N) is 4. The maximum absolute atomic E-state index is 13.2. The number of amidine groups is 1. The molecule has 0 amide bonds. The van der Waals surface area contributed by atoms with Crippen molar-refractivity contribution in [3.05, 3.63) is 94.7 Å². The van der Waals surface area contributed by atoms with Crippen LogP contribution in [0.25, 0.3) is 6.08 Å². The number of fused-ring (bicyclic) bond motifs is 1. The topological polar surface area (TPSA) is 85.2 Å². The Hall–Kier alpha value is -5.05. The average molecular weight is 593 g/mol. The van der Waals surface area contributed by atoms with Crippen LogP contribution in [-0.2, 0) is 4.79 Å². The molecule has 2 heterocycles. The maximum atomic E-state index is 13.2. The number of ketones is 1. The summed E-state index contributed by atoms with van der Waals surface area (Å²) >= 11 is 0. The van der Waals surface area contributed by atoms with Gasteiger partial charge in [-0.1, -0.05) is 30.3 Å². The lowest BCUT2D eigenvalue weighted by Gasteiger charge is -2.37. The van der Waals surface area contributed by atoms with Crippen molar-refractivity contribution in [2.75, 3.05) is 33.4 Å². The number of ether oxygens (including phenoxy) is 4. The van der Waals surface area contributed by atoms with Crippen molar-refractivity contribution >= 4 is 29.3 Å². The molecule has 0 saturated carbocycles. The molecule has 3 aromatic carbocycles. The second-order valence-electron chi connectivity index (χ2n) is 10.8. The number of rotatable bonds is 8. The van der Waals surface area contributed by atoms with E-state index in [4.69, 9.17) is 29.0 Å². The first-order valence-corrected chi connectivity index (χ1v) is 14.7. The number of methoxy groups -OCH3 is 4. The van der Waals surface area contributed by atoms with Crippen molar-refractivity contribution in [2.24, 2.45) is 10.1 Å². The summed E-state index contributed by atoms with van der Waals surface area (Å²) in [6.07, 6.45) is 5.85. The molecule has 44 heavy (non-hydrogen) atoms. The minimum Gasteiger partial charge on any atom is -0.493 e. The molecular weight excluding hydrogens is 556 g/mol. The number of anilines is 1. The number of guanidine groups is 1. The number of carbonyl (C=O) groups excluding carboxylic acids is 1. The van der Waals surface area contributed by atoms with Crippen LogP contribution in [0.4, 0.5) is 5.69 Å². The number of hydrogen-bond acceptors (Lipinski definition) is 9. The molecule has 2 aliphatic heterocycles. The number of carbonyl (C=O) groups is 1. The number of para-hydroxylation sites is 1. The molecule has 1 aliphatic carbocycles. The van der Waals surface area contributed by atoms with E-state index in [1.54, 1.807) is 40.4 Å². The highest BCUT2D eigenvalue weighted by Gasteiger charge is 2.45. The normalized spacial score (nSPS) is 18.7. The highest BCUT2D eigenvalue weighted by atomic mass is 16.5. The predicted molar refractivity (Wildman–Crippen MR) is 172 cm³/mol. The van der Waals surface area contributed by atoms with Crippen LogP contribution in [0.5, 0.6) is 23.0 Å². The number of aliphatic imine (C=N–C) groups is 1. The van der Waals surface area contributed by atoms with Crippen molar-refractivity contribution in [3.8, 4) is 23.0 Å². The lowest BCUT2D eigenvalue weighted by Crippen LogP contribution is -2.45. The van der Waals surface area contributed by atoms with E-state index in [9.17, 15) is 4.79 Å². The minimum absolute atomic E-state index is 0.139. The molecule has 1 atom stereocenters. The smallest absolute Gasteiger partial charge is 0.234 e. The molecule has 3 aliphatic rings. The lowest BCUT2D eigenvalue weighted by molar-refractivity contribution is -0.111. The largest absolute Gasteiger partial charge is 0.493 e. The molecule has 9 heteroatoms. The molecule has 0 bridgehead atoms. The van der Waals surface area contributed by atoms with Crippen molar-refractivity contribution in [1.82, 2.24) is 4.90 Å². The van der Waals surface area contributed by atoms with Crippen LogP contribution in [0.1, 0.15) is 49.8 Å². The zero-order valence-corrected chi connectivity index (χ0v) is 25.7. The summed E-state index contributed by atoms with van der Waals surface area (Å²) < 4.78 is 22.3. The number of hydrogen-bond donors (Lipinski definition) is 0. The quantitative estimate of drug-likeness (QED) is 0.285. The van der Waals surface area contributed by atoms with E-state index >= 15 is 0 Å². The van der Waals surface area contributed by atoms with Crippen LogP contribution < -0.4 is 24.0 Å². The summed E-state index contributed by atoms with van der Waals surface area (Å²) in [7, 11) is 6.53. The average Bonchev–Trinajstić information content (AvgIpc) is 3.33. The van der Waals surface area contributed by atoms with Gasteiger partial charge in [-0.3, -0.25) is 9.69 Å². The Labute approximate surface area is 257 Å². The van der Waals surface area contributed by atoms with Gasteiger partial charge in [0.25, 0.3) is 0 Å². The van der Waals surface area contributed by atoms with E-state index in [1.807, 2.05) is 71.6 Å². The number of allylic oxidation sites excluding steroid dienone is 1. The third-order valence-corrected chi connectivity index (χ3v) is 8.17. The van der Waals surface area contributed by atoms with Crippen LogP contribution in [0.2, 0.25) is 0 Å². The highest BCUT2D eigenvalue weighted by Crippen LogP contribution is 2.47. The van der Waals surface area contributed by atoms with E-state index < -0.39 is 0 Å². The predicted octanol–water partition coefficient (Wildman–Crippen LogP) is 6.77. The standard InChI is InChI=1S/C35H36N4O5/c1-22(40)34-37-39(26-12-7-6-8-13-26)35-36-32-24(19-23-15-17-28(41-2)30(20-23)43-4)11-9-10-14-27(32)33(38(34)35)25-16-18-29(42-3)31(21-25)44-5/h6-8,12-13,15-21,33H,9-11,14H2,1-5H3/b24-19+. The van der Waals surface area contributed by atoms with Crippen LogP contribution in [0, 0.1) is 0 Å². The van der Waals surface area contributed by atoms with Crippen molar-refractivity contribution in [1.29, 1.82) is 0 Å². The third kappa shape index (κ3) is 5.19. The third-order valence-electron chi connectivity index (χ3n) is 8.17. The summed E-state index contributed by atoms with van der Waals surface area (Å²) in [6.45, 7) is 1.55. The Bertz CT molecular complexity index is 1710. The van der Waals surface area contributed by atoms with E-state index in [-0.39, 0.29) is 11.8 Å². The van der Waals surface area contributed by atoms with Crippen LogP contribution >= 0.6 is 0 Å². The van der Waals surface area contributed by atoms with Gasteiger partial charge >= 0.3 is 0 Å². The molecular formula is C35H36N4O5. The Balaban J connectivity index is 1.58. The number of Topliss-reactive ketones (excluding diaryl/α,β-unsaturated/α-hetero) is 1. The Morgan fingerprint density at radius 1 is 0.818 bits per heavy atom. The van der Waals surface area contributed by atoms with E-state index in [0.29, 0.717) is 34.8 Å². The van der Waals surface area contributed by atoms with E-state index in [1.165, 1.54) is 0 Å². The van der Waals surface area contributed by atoms with Gasteiger partial charge in [-0.05, 0) is 90.4 Å². The zero-order chi connectivity index (χ0) is 30.8. The Kier molecular flexibility index (Phi) is 8.11. The molecule has 0 saturated heterocycles. The van der Waals surface area contributed by atoms with Crippen molar-refractivity contribution in [3.63, 3.8) is 0 Å². The molecule has 0 fully saturated rings. The zero-order valence-electron chi connectivity index (χ0n) is 25.7. The fraction of sp³-hybridized carbons (Fsp3) is 0.286. The first-order chi connectivity index (χ1) is 21.5. The monoisotopic (exact) mass is 592 g/mol. The molecule has 0 aromatic heterocycles. The van der Waals surface area contributed by atoms with Gasteiger partial charge in [0.2, 0.25) is 5.96 Å². The summed E-state index contributed by atoms with van der Waals surface area (Å²) in [5.74, 6) is 3.38. The van der Waals surface area contributed by atoms with Gasteiger partial charge in [-0.25, -0.2) is 4.99 Å². The van der Waals surface area contributed by atoms with Gasteiger partial charge in [0.15, 0.2) is 34.6 Å². The molecule has 0 N–H and O–H groups in total. The molecule has 1 unspecified atom stereocenters. The van der Waals surface area contributed by atoms with E-state index in [2.05, 4.69) is 6.08 Å². The lowest BCUT2D eigenvalue weighted by atomic mass is 9.89. The van der Waals surface area contributed by atoms with Gasteiger partial charge in [0.1, 0.15) is 0 Å². The maximum Gasteiger partial charge on any atom is 0.234 e. The minimum atomic E-state index is -0.333. The fourth-order valence-corrected chi connectivity index (χ4v) is 6.10. The van der Waals surface area contributed by atoms with Gasteiger partial charge in [-0.15, -0.1) is 5.10 Å². The first-order valence-electron chi connectivity index (χ1n) is 14.7. The summed E-state index contributed by atoms with van der Waals surface area (Å²) in [5.41, 5.74) is 5.94. The van der Waals surface area contributed by atoms with Crippen molar-refractivity contribution in [2.45, 2.75) is 38.6 Å². The highest BCUT2D eigenvalue weighted by molar-refractivity contribution is 6.43. The van der Waals surface area contributed by atoms with Gasteiger partial charge in [0, 0.05) is 6.92 Å². The summed E-state index contributed by atoms with van der Waals surface area (Å²) in [4.78, 5) is 20.5. The molecule has 3 aromatic rings. The molecule has 0 spiro atoms. The van der Waals surface area contributed by atoms with E-state index in [0.717, 1.165) is 59.3 Å². The van der Waals surface area contributed by atoms with Crippen LogP contribution in [0.3, 0.4) is 0 Å². The number of hydrazone groups is 1. The fourth-order valence-electron chi connectivity index (χ4n) is 6.10. The Morgan fingerprint density at radius 2 is 1.48 bits per heavy atom.